The Morgan fingerprint density at radius 1 is 1.15 bits per heavy atom. The highest BCUT2D eigenvalue weighted by atomic mass is 16.6. The zero-order valence-corrected chi connectivity index (χ0v) is 18.7. The van der Waals surface area contributed by atoms with E-state index in [1.807, 2.05) is 30.3 Å². The van der Waals surface area contributed by atoms with Crippen LogP contribution in [0.2, 0.25) is 0 Å². The third kappa shape index (κ3) is 6.74. The van der Waals surface area contributed by atoms with Gasteiger partial charge in [-0.3, -0.25) is 14.4 Å². The van der Waals surface area contributed by atoms with Crippen LogP contribution >= 0.6 is 0 Å². The van der Waals surface area contributed by atoms with E-state index in [1.165, 1.54) is 0 Å². The molecule has 0 saturated carbocycles. The molecule has 2 aromatic rings. The molecule has 8 heteroatoms. The predicted octanol–water partition coefficient (Wildman–Crippen LogP) is 1.62. The van der Waals surface area contributed by atoms with Crippen molar-refractivity contribution in [3.63, 3.8) is 0 Å². The van der Waals surface area contributed by atoms with E-state index in [2.05, 4.69) is 10.6 Å². The van der Waals surface area contributed by atoms with Gasteiger partial charge in [-0.15, -0.1) is 0 Å². The molecule has 1 heterocycles. The highest BCUT2D eigenvalue weighted by molar-refractivity contribution is 6.09. The molecule has 33 heavy (non-hydrogen) atoms. The Bertz CT molecular complexity index is 1010. The first-order valence-corrected chi connectivity index (χ1v) is 10.6. The molecule has 2 unspecified atom stereocenters. The van der Waals surface area contributed by atoms with Gasteiger partial charge in [-0.1, -0.05) is 42.5 Å². The summed E-state index contributed by atoms with van der Waals surface area (Å²) in [4.78, 5) is 38.4. The molecule has 1 aliphatic heterocycles. The van der Waals surface area contributed by atoms with Gasteiger partial charge < -0.3 is 25.2 Å². The number of benzene rings is 2. The topological polar surface area (TPSA) is 117 Å². The summed E-state index contributed by atoms with van der Waals surface area (Å²) in [5.41, 5.74) is 0.640. The average molecular weight is 453 g/mol. The number of carbonyl (C=O) groups excluding carboxylic acids is 3. The van der Waals surface area contributed by atoms with Crippen molar-refractivity contribution in [2.45, 2.75) is 31.4 Å². The number of ketones is 1. The molecule has 1 fully saturated rings. The minimum absolute atomic E-state index is 0.0855. The lowest BCUT2D eigenvalue weighted by atomic mass is 10.0. The first kappa shape index (κ1) is 24.2. The Morgan fingerprint density at radius 3 is 2.39 bits per heavy atom. The number of methoxy groups -OCH3 is 1. The largest absolute Gasteiger partial charge is 0.497 e. The Balaban J connectivity index is 1.84. The number of rotatable bonds is 11. The smallest absolute Gasteiger partial charge is 0.247 e. The molecular weight excluding hydrogens is 424 g/mol. The minimum Gasteiger partial charge on any atom is -0.497 e. The van der Waals surface area contributed by atoms with Crippen LogP contribution in [0, 0.1) is 0 Å². The van der Waals surface area contributed by atoms with Crippen molar-refractivity contribution in [1.82, 2.24) is 10.6 Å². The van der Waals surface area contributed by atoms with E-state index < -0.39 is 23.5 Å². The number of hydrogen-bond acceptors (Lipinski definition) is 6. The SMILES string of the molecule is COc1ccc(CC(NC(=O)CCO)C(=O)NC(=Cc2ccccc2)C(=O)C2(C)CO2)cc1. The number of amides is 2. The van der Waals surface area contributed by atoms with Gasteiger partial charge in [0.25, 0.3) is 0 Å². The number of hydrogen-bond donors (Lipinski definition) is 3. The van der Waals surface area contributed by atoms with Gasteiger partial charge in [0.15, 0.2) is 5.60 Å². The molecule has 2 amide bonds. The van der Waals surface area contributed by atoms with Crippen molar-refractivity contribution >= 4 is 23.7 Å². The number of ether oxygens (including phenoxy) is 2. The van der Waals surface area contributed by atoms with Gasteiger partial charge in [0.1, 0.15) is 11.8 Å². The van der Waals surface area contributed by atoms with Gasteiger partial charge in [0, 0.05) is 12.8 Å². The molecule has 3 rings (SSSR count). The van der Waals surface area contributed by atoms with Gasteiger partial charge in [0.05, 0.1) is 26.0 Å². The van der Waals surface area contributed by atoms with E-state index in [9.17, 15) is 14.4 Å². The molecule has 2 atom stereocenters. The first-order valence-electron chi connectivity index (χ1n) is 10.6. The van der Waals surface area contributed by atoms with Crippen LogP contribution in [0.1, 0.15) is 24.5 Å². The van der Waals surface area contributed by atoms with E-state index in [1.54, 1.807) is 44.4 Å². The monoisotopic (exact) mass is 452 g/mol. The van der Waals surface area contributed by atoms with Crippen LogP contribution in [0.25, 0.3) is 6.08 Å². The average Bonchev–Trinajstić information content (AvgIpc) is 3.57. The van der Waals surface area contributed by atoms with Crippen LogP contribution in [-0.4, -0.2) is 54.7 Å². The number of epoxide rings is 1. The number of carbonyl (C=O) groups is 3. The minimum atomic E-state index is -0.973. The Morgan fingerprint density at radius 2 is 1.82 bits per heavy atom. The molecular formula is C25H28N2O6. The van der Waals surface area contributed by atoms with E-state index >= 15 is 0 Å². The lowest BCUT2D eigenvalue weighted by Crippen LogP contribution is -2.49. The zero-order valence-electron chi connectivity index (χ0n) is 18.7. The van der Waals surface area contributed by atoms with E-state index in [4.69, 9.17) is 14.6 Å². The quantitative estimate of drug-likeness (QED) is 0.352. The molecule has 174 valence electrons. The third-order valence-corrected chi connectivity index (χ3v) is 5.26. The fraction of sp³-hybridized carbons (Fsp3) is 0.320. The highest BCUT2D eigenvalue weighted by Crippen LogP contribution is 2.30. The van der Waals surface area contributed by atoms with Crippen molar-refractivity contribution in [1.29, 1.82) is 0 Å². The third-order valence-electron chi connectivity index (χ3n) is 5.26. The van der Waals surface area contributed by atoms with Crippen molar-refractivity contribution < 1.29 is 29.0 Å². The van der Waals surface area contributed by atoms with E-state index in [-0.39, 0.29) is 37.5 Å². The van der Waals surface area contributed by atoms with Gasteiger partial charge in [-0.25, -0.2) is 0 Å². The number of Topliss-reactive ketones (excluding diaryl/α,β-unsaturated/α-hetero) is 1. The van der Waals surface area contributed by atoms with Gasteiger partial charge >= 0.3 is 0 Å². The predicted molar refractivity (Wildman–Crippen MR) is 122 cm³/mol. The molecule has 8 nitrogen and oxygen atoms in total. The summed E-state index contributed by atoms with van der Waals surface area (Å²) in [6.07, 6.45) is 1.64. The van der Waals surface area contributed by atoms with Crippen molar-refractivity contribution in [3.8, 4) is 5.75 Å². The summed E-state index contributed by atoms with van der Waals surface area (Å²) in [7, 11) is 1.56. The standard InChI is InChI=1S/C25H28N2O6/c1-25(16-33-25)23(30)20(14-17-6-4-3-5-7-17)27-24(31)21(26-22(29)12-13-28)15-18-8-10-19(32-2)11-9-18/h3-11,14,21,28H,12-13,15-16H2,1-2H3,(H,26,29)(H,27,31). The molecule has 1 saturated heterocycles. The fourth-order valence-electron chi connectivity index (χ4n) is 3.19. The van der Waals surface area contributed by atoms with Crippen molar-refractivity contribution in [2.75, 3.05) is 20.3 Å². The molecule has 0 aliphatic carbocycles. The fourth-order valence-corrected chi connectivity index (χ4v) is 3.19. The van der Waals surface area contributed by atoms with Gasteiger partial charge in [-0.2, -0.15) is 0 Å². The summed E-state index contributed by atoms with van der Waals surface area (Å²) in [5, 5.41) is 14.4. The lowest BCUT2D eigenvalue weighted by Gasteiger charge is -2.20. The van der Waals surface area contributed by atoms with Crippen LogP contribution in [0.15, 0.2) is 60.3 Å². The second kappa shape index (κ2) is 10.9. The van der Waals surface area contributed by atoms with Crippen LogP contribution in [0.4, 0.5) is 0 Å². The highest BCUT2D eigenvalue weighted by Gasteiger charge is 2.48. The first-order chi connectivity index (χ1) is 15.8. The molecule has 0 bridgehead atoms. The molecule has 0 radical (unpaired) electrons. The Hall–Kier alpha value is -3.49. The molecule has 3 N–H and O–H groups in total. The van der Waals surface area contributed by atoms with Crippen molar-refractivity contribution in [2.24, 2.45) is 0 Å². The summed E-state index contributed by atoms with van der Waals surface area (Å²) in [5.74, 6) is -0.689. The maximum Gasteiger partial charge on any atom is 0.247 e. The second-order valence-corrected chi connectivity index (χ2v) is 7.95. The van der Waals surface area contributed by atoms with Crippen molar-refractivity contribution in [3.05, 3.63) is 71.4 Å². The molecule has 2 aromatic carbocycles. The Labute approximate surface area is 192 Å². The van der Waals surface area contributed by atoms with Gasteiger partial charge in [0.2, 0.25) is 17.6 Å². The molecule has 0 aromatic heterocycles. The summed E-state index contributed by atoms with van der Waals surface area (Å²) in [6, 6.07) is 15.3. The van der Waals surface area contributed by atoms with E-state index in [0.29, 0.717) is 5.75 Å². The van der Waals surface area contributed by atoms with E-state index in [0.717, 1.165) is 11.1 Å². The summed E-state index contributed by atoms with van der Waals surface area (Å²) >= 11 is 0. The summed E-state index contributed by atoms with van der Waals surface area (Å²) in [6.45, 7) is 1.60. The normalized spacial score (nSPS) is 18.2. The number of aliphatic hydroxyl groups is 1. The van der Waals surface area contributed by atoms with Crippen LogP contribution < -0.4 is 15.4 Å². The van der Waals surface area contributed by atoms with Gasteiger partial charge in [-0.05, 0) is 36.3 Å². The van der Waals surface area contributed by atoms with Crippen LogP contribution in [0.3, 0.4) is 0 Å². The number of aliphatic hydroxyl groups excluding tert-OH is 1. The second-order valence-electron chi connectivity index (χ2n) is 7.95. The zero-order chi connectivity index (χ0) is 23.8. The summed E-state index contributed by atoms with van der Waals surface area (Å²) < 4.78 is 10.4. The molecule has 0 spiro atoms. The van der Waals surface area contributed by atoms with Crippen LogP contribution in [0.5, 0.6) is 5.75 Å². The maximum atomic E-state index is 13.2. The van der Waals surface area contributed by atoms with Crippen LogP contribution in [-0.2, 0) is 25.5 Å². The lowest BCUT2D eigenvalue weighted by molar-refractivity contribution is -0.129. The molecule has 1 aliphatic rings. The Kier molecular flexibility index (Phi) is 7.97. The maximum absolute atomic E-state index is 13.2. The number of nitrogens with one attached hydrogen (secondary N) is 2.